The van der Waals surface area contributed by atoms with E-state index in [2.05, 4.69) is 11.7 Å². The number of carbonyl (C=O) groups is 1. The smallest absolute Gasteiger partial charge is 0.410 e. The quantitative estimate of drug-likeness (QED) is 0.356. The summed E-state index contributed by atoms with van der Waals surface area (Å²) in [6.45, 7) is 13.6. The molecule has 1 amide bonds. The van der Waals surface area contributed by atoms with E-state index < -0.39 is 17.1 Å². The van der Waals surface area contributed by atoms with Crippen molar-refractivity contribution in [3.63, 3.8) is 0 Å². The maximum atomic E-state index is 12.0. The molecule has 0 heterocycles. The zero-order valence-corrected chi connectivity index (χ0v) is 11.9. The predicted molar refractivity (Wildman–Crippen MR) is 72.1 cm³/mol. The Morgan fingerprint density at radius 3 is 2.33 bits per heavy atom. The molecule has 0 aliphatic heterocycles. The molecule has 5 nitrogen and oxygen atoms in total. The normalized spacial score (nSPS) is 12.5. The van der Waals surface area contributed by atoms with Gasteiger partial charge in [0.05, 0.1) is 6.21 Å². The van der Waals surface area contributed by atoms with E-state index >= 15 is 0 Å². The minimum Gasteiger partial charge on any atom is -0.444 e. The Balaban J connectivity index is 4.76. The molecular weight excluding hydrogens is 232 g/mol. The topological polar surface area (TPSA) is 62.1 Å². The van der Waals surface area contributed by atoms with Crippen LogP contribution in [0.4, 0.5) is 4.79 Å². The average molecular weight is 256 g/mol. The third kappa shape index (κ3) is 6.93. The van der Waals surface area contributed by atoms with Crippen molar-refractivity contribution in [2.45, 2.75) is 40.2 Å². The Morgan fingerprint density at radius 1 is 1.39 bits per heavy atom. The van der Waals surface area contributed by atoms with Crippen LogP contribution in [0.1, 0.15) is 34.6 Å². The van der Waals surface area contributed by atoms with Gasteiger partial charge in [0.15, 0.2) is 0 Å². The summed E-state index contributed by atoms with van der Waals surface area (Å²) in [5.41, 5.74) is -0.972. The molecule has 18 heavy (non-hydrogen) atoms. The van der Waals surface area contributed by atoms with Crippen LogP contribution >= 0.6 is 0 Å². The number of hydrogen-bond acceptors (Lipinski definition) is 4. The Hall–Kier alpha value is -1.52. The molecule has 0 unspecified atom stereocenters. The Labute approximate surface area is 109 Å². The van der Waals surface area contributed by atoms with Crippen molar-refractivity contribution in [1.82, 2.24) is 4.90 Å². The molecule has 0 atom stereocenters. The first-order chi connectivity index (χ1) is 8.11. The van der Waals surface area contributed by atoms with E-state index in [1.54, 1.807) is 6.08 Å². The van der Waals surface area contributed by atoms with Crippen molar-refractivity contribution >= 4 is 12.3 Å². The summed E-state index contributed by atoms with van der Waals surface area (Å²) in [6, 6.07) is 0. The lowest BCUT2D eigenvalue weighted by molar-refractivity contribution is 0.0235. The minimum absolute atomic E-state index is 0.387. The van der Waals surface area contributed by atoms with Gasteiger partial charge in [-0.3, -0.25) is 0 Å². The second-order valence-corrected chi connectivity index (χ2v) is 5.88. The predicted octanol–water partition coefficient (Wildman–Crippen LogP) is 2.90. The largest absolute Gasteiger partial charge is 0.444 e. The lowest BCUT2D eigenvalue weighted by Crippen LogP contribution is -2.42. The van der Waals surface area contributed by atoms with Crippen molar-refractivity contribution < 1.29 is 14.7 Å². The Kier molecular flexibility index (Phi) is 5.88. The SMILES string of the molecule is C=CCN(CC(C)(C)C=NO)C(=O)OC(C)(C)C. The first kappa shape index (κ1) is 16.5. The van der Waals surface area contributed by atoms with Gasteiger partial charge < -0.3 is 14.8 Å². The van der Waals surface area contributed by atoms with Crippen molar-refractivity contribution in [2.75, 3.05) is 13.1 Å². The van der Waals surface area contributed by atoms with Gasteiger partial charge >= 0.3 is 6.09 Å². The van der Waals surface area contributed by atoms with Crippen LogP contribution in [-0.4, -0.2) is 41.1 Å². The maximum Gasteiger partial charge on any atom is 0.410 e. The molecule has 0 aromatic rings. The molecule has 0 bridgehead atoms. The Morgan fingerprint density at radius 2 is 1.94 bits per heavy atom. The van der Waals surface area contributed by atoms with Gasteiger partial charge in [-0.2, -0.15) is 0 Å². The van der Waals surface area contributed by atoms with E-state index in [0.29, 0.717) is 13.1 Å². The highest BCUT2D eigenvalue weighted by Gasteiger charge is 2.26. The monoisotopic (exact) mass is 256 g/mol. The van der Waals surface area contributed by atoms with Gasteiger partial charge in [-0.15, -0.1) is 11.7 Å². The summed E-state index contributed by atoms with van der Waals surface area (Å²) < 4.78 is 5.31. The van der Waals surface area contributed by atoms with Gasteiger partial charge in [-0.25, -0.2) is 4.79 Å². The van der Waals surface area contributed by atoms with Crippen molar-refractivity contribution in [3.8, 4) is 0 Å². The summed E-state index contributed by atoms with van der Waals surface area (Å²) in [5.74, 6) is 0. The van der Waals surface area contributed by atoms with Gasteiger partial charge in [-0.05, 0) is 20.8 Å². The molecule has 0 radical (unpaired) electrons. The van der Waals surface area contributed by atoms with Gasteiger partial charge in [0.1, 0.15) is 5.60 Å². The number of ether oxygens (including phenoxy) is 1. The summed E-state index contributed by atoms with van der Waals surface area (Å²) in [4.78, 5) is 13.5. The van der Waals surface area contributed by atoms with Crippen LogP contribution in [-0.2, 0) is 4.74 Å². The molecule has 0 saturated carbocycles. The molecule has 0 aliphatic rings. The van der Waals surface area contributed by atoms with E-state index in [0.717, 1.165) is 0 Å². The average Bonchev–Trinajstić information content (AvgIpc) is 2.13. The third-order valence-corrected chi connectivity index (χ3v) is 2.01. The molecule has 0 spiro atoms. The summed E-state index contributed by atoms with van der Waals surface area (Å²) in [5, 5.41) is 11.6. The molecule has 104 valence electrons. The van der Waals surface area contributed by atoms with E-state index in [1.165, 1.54) is 11.1 Å². The molecule has 0 rings (SSSR count). The highest BCUT2D eigenvalue weighted by molar-refractivity contribution is 5.70. The van der Waals surface area contributed by atoms with Crippen LogP contribution in [0.5, 0.6) is 0 Å². The van der Waals surface area contributed by atoms with E-state index in [4.69, 9.17) is 9.94 Å². The number of amides is 1. The molecule has 5 heteroatoms. The van der Waals surface area contributed by atoms with Crippen molar-refractivity contribution in [1.29, 1.82) is 0 Å². The van der Waals surface area contributed by atoms with Crippen LogP contribution in [0, 0.1) is 5.41 Å². The van der Waals surface area contributed by atoms with E-state index in [9.17, 15) is 4.79 Å². The molecule has 0 saturated heterocycles. The highest BCUT2D eigenvalue weighted by Crippen LogP contribution is 2.17. The van der Waals surface area contributed by atoms with Gasteiger partial charge in [0, 0.05) is 18.5 Å². The van der Waals surface area contributed by atoms with Crippen LogP contribution in [0.3, 0.4) is 0 Å². The van der Waals surface area contributed by atoms with Crippen molar-refractivity contribution in [3.05, 3.63) is 12.7 Å². The Bertz CT molecular complexity index is 317. The summed E-state index contributed by atoms with van der Waals surface area (Å²) in [7, 11) is 0. The molecule has 0 aliphatic carbocycles. The van der Waals surface area contributed by atoms with Gasteiger partial charge in [-0.1, -0.05) is 19.9 Å². The molecule has 1 N–H and O–H groups in total. The fraction of sp³-hybridized carbons (Fsp3) is 0.692. The minimum atomic E-state index is -0.536. The number of hydrogen-bond donors (Lipinski definition) is 1. The molecular formula is C13H24N2O3. The number of oxime groups is 1. The summed E-state index contributed by atoms with van der Waals surface area (Å²) >= 11 is 0. The lowest BCUT2D eigenvalue weighted by Gasteiger charge is -2.31. The standard InChI is InChI=1S/C13H24N2O3/c1-7-8-15(10-13(5,6)9-14-17)11(16)18-12(2,3)4/h7,9,17H,1,8,10H2,2-6H3. The first-order valence-electron chi connectivity index (χ1n) is 5.89. The van der Waals surface area contributed by atoms with Crippen molar-refractivity contribution in [2.24, 2.45) is 10.6 Å². The van der Waals surface area contributed by atoms with Crippen LogP contribution < -0.4 is 0 Å². The zero-order valence-electron chi connectivity index (χ0n) is 11.9. The third-order valence-electron chi connectivity index (χ3n) is 2.01. The second-order valence-electron chi connectivity index (χ2n) is 5.88. The fourth-order valence-corrected chi connectivity index (χ4v) is 1.37. The maximum absolute atomic E-state index is 12.0. The second kappa shape index (κ2) is 6.42. The van der Waals surface area contributed by atoms with Crippen LogP contribution in [0.15, 0.2) is 17.8 Å². The first-order valence-corrected chi connectivity index (χ1v) is 5.89. The molecule has 0 fully saturated rings. The van der Waals surface area contributed by atoms with Gasteiger partial charge in [0.25, 0.3) is 0 Å². The zero-order chi connectivity index (χ0) is 14.4. The van der Waals surface area contributed by atoms with E-state index in [1.807, 2.05) is 34.6 Å². The van der Waals surface area contributed by atoms with Crippen LogP contribution in [0.25, 0.3) is 0 Å². The molecule has 0 aromatic carbocycles. The number of nitrogens with zero attached hydrogens (tertiary/aromatic N) is 2. The summed E-state index contributed by atoms with van der Waals surface area (Å²) in [6.07, 6.45) is 2.63. The number of rotatable bonds is 5. The fourth-order valence-electron chi connectivity index (χ4n) is 1.37. The lowest BCUT2D eigenvalue weighted by atomic mass is 9.95. The van der Waals surface area contributed by atoms with E-state index in [-0.39, 0.29) is 0 Å². The van der Waals surface area contributed by atoms with Gasteiger partial charge in [0.2, 0.25) is 0 Å². The number of carbonyl (C=O) groups excluding carboxylic acids is 1. The van der Waals surface area contributed by atoms with Crippen LogP contribution in [0.2, 0.25) is 0 Å². The highest BCUT2D eigenvalue weighted by atomic mass is 16.6. The molecule has 0 aromatic heterocycles.